The summed E-state index contributed by atoms with van der Waals surface area (Å²) in [5, 5.41) is 19.3. The monoisotopic (exact) mass is 407 g/mol. The van der Waals surface area contributed by atoms with Crippen LogP contribution < -0.4 is 5.32 Å². The first kappa shape index (κ1) is 20.1. The van der Waals surface area contributed by atoms with Crippen molar-refractivity contribution in [3.63, 3.8) is 0 Å². The number of nitrogens with one attached hydrogen (secondary N) is 1. The van der Waals surface area contributed by atoms with Crippen molar-refractivity contribution in [1.29, 1.82) is 0 Å². The van der Waals surface area contributed by atoms with Crippen LogP contribution in [-0.4, -0.2) is 36.5 Å². The second-order valence-electron chi connectivity index (χ2n) is 6.28. The van der Waals surface area contributed by atoms with E-state index >= 15 is 0 Å². The molecule has 0 bridgehead atoms. The number of anilines is 1. The van der Waals surface area contributed by atoms with Gasteiger partial charge >= 0.3 is 12.1 Å². The average Bonchev–Trinajstić information content (AvgIpc) is 3.21. The highest BCUT2D eigenvalue weighted by Gasteiger charge is 2.30. The number of alkyl halides is 3. The van der Waals surface area contributed by atoms with Crippen LogP contribution in [0.3, 0.4) is 0 Å². The molecule has 29 heavy (non-hydrogen) atoms. The van der Waals surface area contributed by atoms with Crippen LogP contribution in [0, 0.1) is 6.92 Å². The van der Waals surface area contributed by atoms with Crippen LogP contribution in [-0.2, 0) is 24.1 Å². The Labute approximate surface area is 162 Å². The van der Waals surface area contributed by atoms with E-state index in [4.69, 9.17) is 5.11 Å². The molecule has 0 radical (unpaired) electrons. The fourth-order valence-corrected chi connectivity index (χ4v) is 2.64. The van der Waals surface area contributed by atoms with Crippen molar-refractivity contribution in [2.45, 2.75) is 26.2 Å². The van der Waals surface area contributed by atoms with Gasteiger partial charge in [-0.2, -0.15) is 23.4 Å². The summed E-state index contributed by atoms with van der Waals surface area (Å²) in [6.45, 7) is 1.60. The lowest BCUT2D eigenvalue weighted by Gasteiger charge is -2.09. The topological polar surface area (TPSA) is 102 Å². The predicted molar refractivity (Wildman–Crippen MR) is 95.3 cm³/mol. The zero-order chi connectivity index (χ0) is 21.2. The third kappa shape index (κ3) is 5.00. The molecule has 152 valence electrons. The van der Waals surface area contributed by atoms with Gasteiger partial charge in [-0.15, -0.1) is 0 Å². The highest BCUT2D eigenvalue weighted by Crippen LogP contribution is 2.29. The number of hydrogen-bond donors (Lipinski definition) is 2. The average molecular weight is 407 g/mol. The van der Waals surface area contributed by atoms with Crippen LogP contribution in [0.15, 0.2) is 42.6 Å². The summed E-state index contributed by atoms with van der Waals surface area (Å²) in [6.07, 6.45) is -3.07. The van der Waals surface area contributed by atoms with Gasteiger partial charge in [-0.05, 0) is 30.7 Å². The van der Waals surface area contributed by atoms with Gasteiger partial charge in [0.15, 0.2) is 11.5 Å². The number of carboxylic acid groups (broad SMARTS) is 1. The summed E-state index contributed by atoms with van der Waals surface area (Å²) >= 11 is 0. The molecule has 2 N–H and O–H groups in total. The first-order valence-electron chi connectivity index (χ1n) is 8.39. The van der Waals surface area contributed by atoms with Crippen molar-refractivity contribution >= 4 is 17.7 Å². The van der Waals surface area contributed by atoms with Gasteiger partial charge in [0.1, 0.15) is 6.54 Å². The second kappa shape index (κ2) is 7.78. The van der Waals surface area contributed by atoms with Crippen LogP contribution in [0.5, 0.6) is 0 Å². The zero-order valence-electron chi connectivity index (χ0n) is 15.1. The number of nitrogens with zero attached hydrogens (tertiary/aromatic N) is 4. The predicted octanol–water partition coefficient (Wildman–Crippen LogP) is 2.79. The molecular formula is C18H16F3N5O3. The van der Waals surface area contributed by atoms with Crippen LogP contribution in [0.25, 0.3) is 0 Å². The molecule has 0 aliphatic carbocycles. The first-order chi connectivity index (χ1) is 13.6. The van der Waals surface area contributed by atoms with E-state index in [9.17, 15) is 22.8 Å². The third-order valence-electron chi connectivity index (χ3n) is 4.00. The molecule has 0 aliphatic rings. The molecule has 2 aromatic heterocycles. The summed E-state index contributed by atoms with van der Waals surface area (Å²) in [6, 6.07) is 7.79. The van der Waals surface area contributed by atoms with Crippen molar-refractivity contribution in [3.8, 4) is 0 Å². The van der Waals surface area contributed by atoms with Crippen molar-refractivity contribution in [1.82, 2.24) is 19.6 Å². The molecule has 0 aliphatic heterocycles. The van der Waals surface area contributed by atoms with Gasteiger partial charge in [0, 0.05) is 18.0 Å². The Bertz CT molecular complexity index is 1060. The molecule has 0 spiro atoms. The van der Waals surface area contributed by atoms with Gasteiger partial charge < -0.3 is 10.4 Å². The lowest BCUT2D eigenvalue weighted by Crippen LogP contribution is -2.20. The SMILES string of the molecule is Cc1cc(NC(=O)Cn2ccc(C(=O)O)n2)nn1Cc1cccc(C(F)(F)F)c1. The molecule has 0 fully saturated rings. The standard InChI is InChI=1S/C18H16F3N5O3/c1-11-7-15(22-16(27)10-25-6-5-14(23-25)17(28)29)24-26(11)9-12-3-2-4-13(8-12)18(19,20)21/h2-8H,9-10H2,1H3,(H,28,29)(H,22,24,27). The van der Waals surface area contributed by atoms with E-state index in [2.05, 4.69) is 15.5 Å². The third-order valence-corrected chi connectivity index (χ3v) is 4.00. The number of amides is 1. The van der Waals surface area contributed by atoms with Gasteiger partial charge in [0.05, 0.1) is 12.1 Å². The summed E-state index contributed by atoms with van der Waals surface area (Å²) < 4.78 is 41.2. The molecule has 0 unspecified atom stereocenters. The Hall–Kier alpha value is -3.63. The van der Waals surface area contributed by atoms with E-state index in [1.54, 1.807) is 19.1 Å². The van der Waals surface area contributed by atoms with E-state index in [-0.39, 0.29) is 24.6 Å². The van der Waals surface area contributed by atoms with E-state index in [0.29, 0.717) is 11.3 Å². The number of rotatable bonds is 6. The van der Waals surface area contributed by atoms with Crippen molar-refractivity contribution in [2.24, 2.45) is 0 Å². The second-order valence-corrected chi connectivity index (χ2v) is 6.28. The number of carboxylic acids is 1. The normalized spacial score (nSPS) is 11.4. The van der Waals surface area contributed by atoms with Crippen molar-refractivity contribution < 1.29 is 27.9 Å². The molecule has 11 heteroatoms. The molecule has 3 rings (SSSR count). The van der Waals surface area contributed by atoms with Gasteiger partial charge in [0.2, 0.25) is 5.91 Å². The lowest BCUT2D eigenvalue weighted by atomic mass is 10.1. The van der Waals surface area contributed by atoms with Crippen LogP contribution >= 0.6 is 0 Å². The molecule has 0 saturated heterocycles. The molecule has 1 amide bonds. The van der Waals surface area contributed by atoms with Gasteiger partial charge in [-0.3, -0.25) is 14.2 Å². The van der Waals surface area contributed by atoms with Crippen LogP contribution in [0.1, 0.15) is 27.3 Å². The number of aromatic carboxylic acids is 1. The summed E-state index contributed by atoms with van der Waals surface area (Å²) in [5.41, 5.74) is 0.138. The molecule has 3 aromatic rings. The summed E-state index contributed by atoms with van der Waals surface area (Å²) in [7, 11) is 0. The maximum Gasteiger partial charge on any atom is 0.416 e. The lowest BCUT2D eigenvalue weighted by molar-refractivity contribution is -0.137. The molecular weight excluding hydrogens is 391 g/mol. The minimum atomic E-state index is -4.43. The van der Waals surface area contributed by atoms with Gasteiger partial charge in [-0.1, -0.05) is 12.1 Å². The fraction of sp³-hybridized carbons (Fsp3) is 0.222. The molecule has 2 heterocycles. The Morgan fingerprint density at radius 3 is 2.59 bits per heavy atom. The molecule has 8 nitrogen and oxygen atoms in total. The Balaban J connectivity index is 1.67. The maximum atomic E-state index is 12.8. The van der Waals surface area contributed by atoms with Gasteiger partial charge in [0.25, 0.3) is 0 Å². The van der Waals surface area contributed by atoms with E-state index < -0.39 is 23.6 Å². The number of aryl methyl sites for hydroxylation is 1. The molecule has 1 aromatic carbocycles. The summed E-state index contributed by atoms with van der Waals surface area (Å²) in [5.74, 6) is -1.45. The largest absolute Gasteiger partial charge is 0.476 e. The van der Waals surface area contributed by atoms with E-state index in [1.165, 1.54) is 27.7 Å². The number of hydrogen-bond acceptors (Lipinski definition) is 4. The number of aromatic nitrogens is 4. The smallest absolute Gasteiger partial charge is 0.416 e. The first-order valence-corrected chi connectivity index (χ1v) is 8.39. The minimum Gasteiger partial charge on any atom is -0.476 e. The number of benzene rings is 1. The Morgan fingerprint density at radius 1 is 1.17 bits per heavy atom. The highest BCUT2D eigenvalue weighted by molar-refractivity contribution is 5.89. The molecule has 0 saturated carbocycles. The number of carbonyl (C=O) groups excluding carboxylic acids is 1. The number of carbonyl (C=O) groups is 2. The zero-order valence-corrected chi connectivity index (χ0v) is 15.1. The van der Waals surface area contributed by atoms with E-state index in [0.717, 1.165) is 12.1 Å². The highest BCUT2D eigenvalue weighted by atomic mass is 19.4. The van der Waals surface area contributed by atoms with Crippen molar-refractivity contribution in [2.75, 3.05) is 5.32 Å². The quantitative estimate of drug-likeness (QED) is 0.654. The Morgan fingerprint density at radius 2 is 1.93 bits per heavy atom. The van der Waals surface area contributed by atoms with Gasteiger partial charge in [-0.25, -0.2) is 4.79 Å². The minimum absolute atomic E-state index is 0.104. The summed E-state index contributed by atoms with van der Waals surface area (Å²) in [4.78, 5) is 22.9. The maximum absolute atomic E-state index is 12.8. The molecule has 0 atom stereocenters. The fourth-order valence-electron chi connectivity index (χ4n) is 2.64. The Kier molecular flexibility index (Phi) is 5.39. The van der Waals surface area contributed by atoms with Crippen LogP contribution in [0.2, 0.25) is 0 Å². The van der Waals surface area contributed by atoms with E-state index in [1.807, 2.05) is 0 Å². The van der Waals surface area contributed by atoms with Crippen molar-refractivity contribution in [3.05, 3.63) is 65.1 Å². The van der Waals surface area contributed by atoms with Crippen LogP contribution in [0.4, 0.5) is 19.0 Å². The number of halogens is 3.